The first kappa shape index (κ1) is 21.3. The molecule has 2 amide bonds. The lowest BCUT2D eigenvalue weighted by molar-refractivity contribution is -0.384. The van der Waals surface area contributed by atoms with Crippen molar-refractivity contribution in [1.29, 1.82) is 0 Å². The molecule has 2 aliphatic heterocycles. The molecule has 0 aromatic heterocycles. The second-order valence-electron chi connectivity index (χ2n) is 6.60. The maximum absolute atomic E-state index is 12.5. The zero-order valence-corrected chi connectivity index (χ0v) is 16.5. The second-order valence-corrected chi connectivity index (χ2v) is 7.70. The van der Waals surface area contributed by atoms with Gasteiger partial charge in [-0.25, -0.2) is 4.79 Å². The SMILES string of the molecule is CC(=O)OCC1=C(C(=O)O)N2C(=O)C(NC(=O)Cc3cccc([N+](=O)[O-])c3)C2SC1. The van der Waals surface area contributed by atoms with Gasteiger partial charge in [0.15, 0.2) is 0 Å². The topological polar surface area (TPSA) is 156 Å². The van der Waals surface area contributed by atoms with Crippen molar-refractivity contribution >= 4 is 41.2 Å². The van der Waals surface area contributed by atoms with Gasteiger partial charge in [-0.1, -0.05) is 12.1 Å². The highest BCUT2D eigenvalue weighted by Crippen LogP contribution is 2.40. The molecule has 12 heteroatoms. The third kappa shape index (κ3) is 4.27. The summed E-state index contributed by atoms with van der Waals surface area (Å²) < 4.78 is 4.86. The molecule has 0 aliphatic carbocycles. The number of carboxylic acid groups (broad SMARTS) is 1. The summed E-state index contributed by atoms with van der Waals surface area (Å²) in [6, 6.07) is 4.69. The minimum Gasteiger partial charge on any atom is -0.477 e. The van der Waals surface area contributed by atoms with E-state index in [1.54, 1.807) is 6.07 Å². The number of nitrogens with one attached hydrogen (secondary N) is 1. The lowest BCUT2D eigenvalue weighted by Gasteiger charge is -2.49. The molecule has 2 atom stereocenters. The molecule has 2 aliphatic rings. The summed E-state index contributed by atoms with van der Waals surface area (Å²) in [6.07, 6.45) is -0.165. The van der Waals surface area contributed by atoms with Crippen LogP contribution in [0.15, 0.2) is 35.5 Å². The molecular weight excluding hydrogens is 418 g/mol. The number of ether oxygens (including phenoxy) is 1. The molecule has 0 saturated carbocycles. The van der Waals surface area contributed by atoms with Crippen LogP contribution in [0.25, 0.3) is 0 Å². The van der Waals surface area contributed by atoms with Gasteiger partial charge in [0.2, 0.25) is 5.91 Å². The Morgan fingerprint density at radius 3 is 2.77 bits per heavy atom. The van der Waals surface area contributed by atoms with Crippen molar-refractivity contribution in [3.63, 3.8) is 0 Å². The number of carboxylic acids is 1. The number of thioether (sulfide) groups is 1. The van der Waals surface area contributed by atoms with Crippen molar-refractivity contribution in [2.45, 2.75) is 24.8 Å². The molecule has 1 saturated heterocycles. The number of β-lactam (4-membered cyclic amide) rings is 1. The lowest BCUT2D eigenvalue weighted by Crippen LogP contribution is -2.70. The van der Waals surface area contributed by atoms with Gasteiger partial charge in [0.25, 0.3) is 11.6 Å². The highest BCUT2D eigenvalue weighted by atomic mass is 32.2. The van der Waals surface area contributed by atoms with Gasteiger partial charge in [0.1, 0.15) is 23.7 Å². The fourth-order valence-electron chi connectivity index (χ4n) is 3.17. The first-order valence-electron chi connectivity index (χ1n) is 8.75. The Kier molecular flexibility index (Phi) is 6.06. The Bertz CT molecular complexity index is 976. The Hall–Kier alpha value is -3.41. The maximum Gasteiger partial charge on any atom is 0.352 e. The molecule has 30 heavy (non-hydrogen) atoms. The van der Waals surface area contributed by atoms with E-state index in [1.165, 1.54) is 36.9 Å². The largest absolute Gasteiger partial charge is 0.477 e. The number of rotatable bonds is 7. The van der Waals surface area contributed by atoms with Crippen LogP contribution in [0.2, 0.25) is 0 Å². The van der Waals surface area contributed by atoms with Crippen LogP contribution in [0.1, 0.15) is 12.5 Å². The molecule has 1 aromatic carbocycles. The predicted molar refractivity (Wildman–Crippen MR) is 103 cm³/mol. The molecule has 158 valence electrons. The molecule has 2 N–H and O–H groups in total. The zero-order chi connectivity index (χ0) is 22.0. The average Bonchev–Trinajstić information content (AvgIpc) is 2.69. The number of fused-ring (bicyclic) bond motifs is 1. The second kappa shape index (κ2) is 8.53. The van der Waals surface area contributed by atoms with Crippen molar-refractivity contribution in [1.82, 2.24) is 10.2 Å². The average molecular weight is 435 g/mol. The van der Waals surface area contributed by atoms with Crippen molar-refractivity contribution in [2.75, 3.05) is 12.4 Å². The molecule has 3 rings (SSSR count). The fraction of sp³-hybridized carbons (Fsp3) is 0.333. The Labute approximate surface area is 174 Å². The summed E-state index contributed by atoms with van der Waals surface area (Å²) in [5.41, 5.74) is 0.324. The van der Waals surface area contributed by atoms with Crippen LogP contribution in [0.5, 0.6) is 0 Å². The standard InChI is InChI=1S/C18H17N3O8S/c1-9(22)29-7-11-8-30-17-14(16(24)20(17)15(11)18(25)26)19-13(23)6-10-3-2-4-12(5-10)21(27)28/h2-5,14,17H,6-8H2,1H3,(H,19,23)(H,25,26). The number of carbonyl (C=O) groups excluding carboxylic acids is 3. The van der Waals surface area contributed by atoms with E-state index in [0.717, 1.165) is 4.90 Å². The Morgan fingerprint density at radius 1 is 1.40 bits per heavy atom. The van der Waals surface area contributed by atoms with Gasteiger partial charge in [0.05, 0.1) is 11.3 Å². The van der Waals surface area contributed by atoms with E-state index in [2.05, 4.69) is 5.32 Å². The van der Waals surface area contributed by atoms with Gasteiger partial charge in [-0.2, -0.15) is 0 Å². The number of non-ortho nitro benzene ring substituents is 1. The minimum atomic E-state index is -1.32. The number of nitro groups is 1. The van der Waals surface area contributed by atoms with Crippen molar-refractivity contribution in [3.05, 3.63) is 51.2 Å². The van der Waals surface area contributed by atoms with Crippen LogP contribution in [0.3, 0.4) is 0 Å². The quantitative estimate of drug-likeness (QED) is 0.268. The number of nitro benzene ring substituents is 1. The molecule has 1 fully saturated rings. The van der Waals surface area contributed by atoms with Gasteiger partial charge < -0.3 is 15.2 Å². The van der Waals surface area contributed by atoms with Crippen LogP contribution in [-0.2, 0) is 30.3 Å². The van der Waals surface area contributed by atoms with Crippen LogP contribution in [0, 0.1) is 10.1 Å². The predicted octanol–water partition coefficient (Wildman–Crippen LogP) is 0.439. The summed E-state index contributed by atoms with van der Waals surface area (Å²) in [7, 11) is 0. The van der Waals surface area contributed by atoms with E-state index in [0.29, 0.717) is 11.1 Å². The number of amides is 2. The summed E-state index contributed by atoms with van der Waals surface area (Å²) in [5, 5.41) is 22.3. The summed E-state index contributed by atoms with van der Waals surface area (Å²) in [5.74, 6) is -2.77. The number of hydrogen-bond acceptors (Lipinski definition) is 8. The molecule has 2 unspecified atom stereocenters. The number of benzene rings is 1. The van der Waals surface area contributed by atoms with Crippen LogP contribution < -0.4 is 5.32 Å². The van der Waals surface area contributed by atoms with Crippen molar-refractivity contribution in [2.24, 2.45) is 0 Å². The van der Waals surface area contributed by atoms with E-state index < -0.39 is 40.1 Å². The smallest absolute Gasteiger partial charge is 0.352 e. The number of aliphatic carboxylic acids is 1. The number of carbonyl (C=O) groups is 4. The number of esters is 1. The highest BCUT2D eigenvalue weighted by Gasteiger charge is 2.54. The summed E-state index contributed by atoms with van der Waals surface area (Å²) in [4.78, 5) is 58.9. The Balaban J connectivity index is 1.68. The van der Waals surface area contributed by atoms with Gasteiger partial charge in [-0.15, -0.1) is 11.8 Å². The number of nitrogens with zero attached hydrogens (tertiary/aromatic N) is 2. The minimum absolute atomic E-state index is 0.148. The highest BCUT2D eigenvalue weighted by molar-refractivity contribution is 8.00. The van der Waals surface area contributed by atoms with Crippen molar-refractivity contribution < 1.29 is 33.9 Å². The third-order valence-electron chi connectivity index (χ3n) is 4.50. The molecule has 1 aromatic rings. The monoisotopic (exact) mass is 435 g/mol. The summed E-state index contributed by atoms with van der Waals surface area (Å²) >= 11 is 1.25. The van der Waals surface area contributed by atoms with Gasteiger partial charge in [-0.3, -0.25) is 29.4 Å². The van der Waals surface area contributed by atoms with Crippen LogP contribution >= 0.6 is 11.8 Å². The van der Waals surface area contributed by atoms with E-state index >= 15 is 0 Å². The van der Waals surface area contributed by atoms with E-state index in [-0.39, 0.29) is 30.2 Å². The van der Waals surface area contributed by atoms with Gasteiger partial charge in [-0.05, 0) is 5.56 Å². The van der Waals surface area contributed by atoms with Crippen LogP contribution in [-0.4, -0.2) is 62.5 Å². The molecule has 0 spiro atoms. The molecule has 2 heterocycles. The fourth-order valence-corrected chi connectivity index (χ4v) is 4.50. The Morgan fingerprint density at radius 2 is 2.13 bits per heavy atom. The maximum atomic E-state index is 12.5. The lowest BCUT2D eigenvalue weighted by atomic mass is 10.0. The first-order chi connectivity index (χ1) is 14.2. The van der Waals surface area contributed by atoms with E-state index in [9.17, 15) is 34.4 Å². The first-order valence-corrected chi connectivity index (χ1v) is 9.80. The number of hydrogen-bond donors (Lipinski definition) is 2. The summed E-state index contributed by atoms with van der Waals surface area (Å²) in [6.45, 7) is 0.964. The van der Waals surface area contributed by atoms with E-state index in [4.69, 9.17) is 4.74 Å². The zero-order valence-electron chi connectivity index (χ0n) is 15.7. The molecule has 11 nitrogen and oxygen atoms in total. The molecule has 0 bridgehead atoms. The third-order valence-corrected chi connectivity index (χ3v) is 5.84. The molecule has 0 radical (unpaired) electrons. The van der Waals surface area contributed by atoms with Crippen molar-refractivity contribution in [3.8, 4) is 0 Å². The van der Waals surface area contributed by atoms with Gasteiger partial charge >= 0.3 is 11.9 Å². The van der Waals surface area contributed by atoms with E-state index in [1.807, 2.05) is 0 Å². The van der Waals surface area contributed by atoms with Gasteiger partial charge in [0, 0.05) is 30.4 Å². The van der Waals surface area contributed by atoms with Crippen LogP contribution in [0.4, 0.5) is 5.69 Å². The molecular formula is C18H17N3O8S. The normalized spacial score (nSPS) is 20.2.